The Kier molecular flexibility index (Phi) is 3.38. The molecule has 1 heterocycles. The Morgan fingerprint density at radius 2 is 2.47 bits per heavy atom. The van der Waals surface area contributed by atoms with Gasteiger partial charge in [-0.25, -0.2) is 0 Å². The largest absolute Gasteiger partial charge is 0.346 e. The van der Waals surface area contributed by atoms with Crippen molar-refractivity contribution >= 4 is 5.91 Å². The molecular weight excluding hydrogens is 220 g/mol. The molecule has 1 unspecified atom stereocenters. The van der Waals surface area contributed by atoms with Crippen LogP contribution < -0.4 is 5.32 Å². The molecule has 1 amide bonds. The second-order valence-electron chi connectivity index (χ2n) is 4.43. The zero-order valence-corrected chi connectivity index (χ0v) is 9.64. The third kappa shape index (κ3) is 3.28. The number of hydrogen-bond donors (Lipinski definition) is 1. The lowest BCUT2D eigenvalue weighted by Crippen LogP contribution is -2.26. The number of nitrogens with zero attached hydrogens (tertiary/aromatic N) is 3. The Morgan fingerprint density at radius 3 is 3.12 bits per heavy atom. The maximum Gasteiger partial charge on any atom is 0.292 e. The minimum atomic E-state index is -0.282. The second-order valence-corrected chi connectivity index (χ2v) is 4.43. The van der Waals surface area contributed by atoms with Crippen molar-refractivity contribution in [1.29, 1.82) is 5.26 Å². The van der Waals surface area contributed by atoms with Gasteiger partial charge in [-0.05, 0) is 18.8 Å². The van der Waals surface area contributed by atoms with E-state index in [9.17, 15) is 4.79 Å². The summed E-state index contributed by atoms with van der Waals surface area (Å²) in [5.74, 6) is 0.361. The standard InChI is InChI=1S/C11H14N4O2/c1-7(4-5-12)6-9-14-10(15-17-9)11(16)13-8-2-3-8/h7-8H,2-4,6H2,1H3,(H,13,16). The molecule has 1 saturated carbocycles. The lowest BCUT2D eigenvalue weighted by atomic mass is 10.1. The van der Waals surface area contributed by atoms with Crippen molar-refractivity contribution in [2.24, 2.45) is 5.92 Å². The van der Waals surface area contributed by atoms with Gasteiger partial charge in [-0.2, -0.15) is 10.2 Å². The molecule has 1 aliphatic carbocycles. The molecule has 1 fully saturated rings. The van der Waals surface area contributed by atoms with Gasteiger partial charge in [-0.1, -0.05) is 12.1 Å². The molecule has 1 aromatic rings. The Morgan fingerprint density at radius 1 is 1.71 bits per heavy atom. The van der Waals surface area contributed by atoms with Gasteiger partial charge < -0.3 is 9.84 Å². The summed E-state index contributed by atoms with van der Waals surface area (Å²) in [6.45, 7) is 1.93. The first kappa shape index (κ1) is 11.6. The lowest BCUT2D eigenvalue weighted by Gasteiger charge is -2.00. The third-order valence-electron chi connectivity index (χ3n) is 2.55. The maximum atomic E-state index is 11.6. The molecule has 1 N–H and O–H groups in total. The van der Waals surface area contributed by atoms with Crippen molar-refractivity contribution in [3.05, 3.63) is 11.7 Å². The van der Waals surface area contributed by atoms with Crippen molar-refractivity contribution in [3.8, 4) is 6.07 Å². The normalized spacial score (nSPS) is 16.2. The zero-order valence-electron chi connectivity index (χ0n) is 9.64. The molecule has 0 bridgehead atoms. The van der Waals surface area contributed by atoms with E-state index in [0.717, 1.165) is 12.8 Å². The van der Waals surface area contributed by atoms with Crippen LogP contribution in [-0.2, 0) is 6.42 Å². The smallest absolute Gasteiger partial charge is 0.292 e. The average molecular weight is 234 g/mol. The summed E-state index contributed by atoms with van der Waals surface area (Å²) >= 11 is 0. The first-order valence-corrected chi connectivity index (χ1v) is 5.69. The predicted molar refractivity (Wildman–Crippen MR) is 57.9 cm³/mol. The average Bonchev–Trinajstić information content (AvgIpc) is 2.96. The number of amides is 1. The molecule has 0 spiro atoms. The number of carbonyl (C=O) groups is 1. The number of carbonyl (C=O) groups excluding carboxylic acids is 1. The van der Waals surface area contributed by atoms with Gasteiger partial charge in [-0.15, -0.1) is 0 Å². The molecule has 90 valence electrons. The van der Waals surface area contributed by atoms with Crippen molar-refractivity contribution in [3.63, 3.8) is 0 Å². The molecule has 1 aromatic heterocycles. The summed E-state index contributed by atoms with van der Waals surface area (Å²) in [6, 6.07) is 2.36. The van der Waals surface area contributed by atoms with E-state index in [2.05, 4.69) is 21.5 Å². The molecule has 0 aromatic carbocycles. The van der Waals surface area contributed by atoms with Gasteiger partial charge in [0.05, 0.1) is 6.07 Å². The van der Waals surface area contributed by atoms with Crippen LogP contribution in [0.5, 0.6) is 0 Å². The quantitative estimate of drug-likeness (QED) is 0.822. The van der Waals surface area contributed by atoms with Crippen LogP contribution in [0.15, 0.2) is 4.52 Å². The van der Waals surface area contributed by atoms with Gasteiger partial charge in [0.25, 0.3) is 11.7 Å². The van der Waals surface area contributed by atoms with E-state index < -0.39 is 0 Å². The third-order valence-corrected chi connectivity index (χ3v) is 2.55. The molecule has 1 atom stereocenters. The fourth-order valence-corrected chi connectivity index (χ4v) is 1.43. The van der Waals surface area contributed by atoms with Crippen LogP contribution in [0.2, 0.25) is 0 Å². The Balaban J connectivity index is 1.90. The fourth-order valence-electron chi connectivity index (χ4n) is 1.43. The van der Waals surface area contributed by atoms with Crippen molar-refractivity contribution in [1.82, 2.24) is 15.5 Å². The Hall–Kier alpha value is -1.90. The minimum Gasteiger partial charge on any atom is -0.346 e. The SMILES string of the molecule is CC(CC#N)Cc1nc(C(=O)NC2CC2)no1. The lowest BCUT2D eigenvalue weighted by molar-refractivity contribution is 0.0937. The highest BCUT2D eigenvalue weighted by molar-refractivity contribution is 5.90. The van der Waals surface area contributed by atoms with Crippen LogP contribution in [0.3, 0.4) is 0 Å². The minimum absolute atomic E-state index is 0.0797. The summed E-state index contributed by atoms with van der Waals surface area (Å²) in [6.07, 6.45) is 3.01. The van der Waals surface area contributed by atoms with Crippen LogP contribution in [0, 0.1) is 17.2 Å². The maximum absolute atomic E-state index is 11.6. The monoisotopic (exact) mass is 234 g/mol. The van der Waals surface area contributed by atoms with Gasteiger partial charge in [0.15, 0.2) is 0 Å². The number of nitriles is 1. The highest BCUT2D eigenvalue weighted by Crippen LogP contribution is 2.19. The first-order valence-electron chi connectivity index (χ1n) is 5.69. The molecular formula is C11H14N4O2. The molecule has 1 aliphatic rings. The van der Waals surface area contributed by atoms with E-state index in [1.165, 1.54) is 0 Å². The van der Waals surface area contributed by atoms with Crippen LogP contribution in [0.25, 0.3) is 0 Å². The van der Waals surface area contributed by atoms with Gasteiger partial charge in [0, 0.05) is 18.9 Å². The van der Waals surface area contributed by atoms with Gasteiger partial charge in [0.2, 0.25) is 5.89 Å². The van der Waals surface area contributed by atoms with Crippen LogP contribution >= 0.6 is 0 Å². The topological polar surface area (TPSA) is 91.8 Å². The second kappa shape index (κ2) is 4.95. The summed E-state index contributed by atoms with van der Waals surface area (Å²) in [5.41, 5.74) is 0. The zero-order chi connectivity index (χ0) is 12.3. The summed E-state index contributed by atoms with van der Waals surface area (Å²) in [4.78, 5) is 15.6. The molecule has 6 heteroatoms. The van der Waals surface area contributed by atoms with E-state index in [0.29, 0.717) is 18.7 Å². The fraction of sp³-hybridized carbons (Fsp3) is 0.636. The molecule has 17 heavy (non-hydrogen) atoms. The molecule has 0 aliphatic heterocycles. The predicted octanol–water partition coefficient (Wildman–Crippen LogP) is 1.05. The number of rotatable bonds is 5. The first-order chi connectivity index (χ1) is 8.19. The molecule has 0 radical (unpaired) electrons. The Bertz CT molecular complexity index is 445. The number of hydrogen-bond acceptors (Lipinski definition) is 5. The Labute approximate surface area is 99.0 Å². The number of nitrogens with one attached hydrogen (secondary N) is 1. The van der Waals surface area contributed by atoms with Crippen LogP contribution in [-0.4, -0.2) is 22.1 Å². The van der Waals surface area contributed by atoms with Crippen molar-refractivity contribution in [2.75, 3.05) is 0 Å². The van der Waals surface area contributed by atoms with E-state index in [-0.39, 0.29) is 23.7 Å². The van der Waals surface area contributed by atoms with E-state index >= 15 is 0 Å². The van der Waals surface area contributed by atoms with E-state index in [1.54, 1.807) is 0 Å². The van der Waals surface area contributed by atoms with Crippen molar-refractivity contribution < 1.29 is 9.32 Å². The van der Waals surface area contributed by atoms with E-state index in [4.69, 9.17) is 9.78 Å². The van der Waals surface area contributed by atoms with Gasteiger partial charge >= 0.3 is 0 Å². The van der Waals surface area contributed by atoms with Crippen LogP contribution in [0.1, 0.15) is 42.7 Å². The molecule has 6 nitrogen and oxygen atoms in total. The highest BCUT2D eigenvalue weighted by Gasteiger charge is 2.26. The highest BCUT2D eigenvalue weighted by atomic mass is 16.5. The van der Waals surface area contributed by atoms with Gasteiger partial charge in [0.1, 0.15) is 0 Å². The summed E-state index contributed by atoms with van der Waals surface area (Å²) in [7, 11) is 0. The summed E-state index contributed by atoms with van der Waals surface area (Å²) in [5, 5.41) is 14.9. The van der Waals surface area contributed by atoms with Gasteiger partial charge in [-0.3, -0.25) is 4.79 Å². The molecule has 2 rings (SSSR count). The van der Waals surface area contributed by atoms with Crippen LogP contribution in [0.4, 0.5) is 0 Å². The van der Waals surface area contributed by atoms with E-state index in [1.807, 2.05) is 6.92 Å². The van der Waals surface area contributed by atoms with Crippen molar-refractivity contribution in [2.45, 2.75) is 38.6 Å². The molecule has 0 saturated heterocycles. The number of aromatic nitrogens is 2. The summed E-state index contributed by atoms with van der Waals surface area (Å²) < 4.78 is 4.97.